The first-order chi connectivity index (χ1) is 14.0. The molecule has 2 aromatic carbocycles. The number of nitrogens with zero attached hydrogens (tertiary/aromatic N) is 4. The second-order valence-electron chi connectivity index (χ2n) is 7.35. The first-order valence-corrected chi connectivity index (χ1v) is 9.47. The van der Waals surface area contributed by atoms with Gasteiger partial charge in [-0.25, -0.2) is 4.68 Å². The Morgan fingerprint density at radius 2 is 1.83 bits per heavy atom. The Kier molecular flexibility index (Phi) is 4.80. The molecule has 0 bridgehead atoms. The lowest BCUT2D eigenvalue weighted by Gasteiger charge is -2.29. The van der Waals surface area contributed by atoms with Crippen LogP contribution in [0.2, 0.25) is 0 Å². The molecule has 7 heteroatoms. The van der Waals surface area contributed by atoms with Crippen molar-refractivity contribution in [2.75, 3.05) is 29.6 Å². The zero-order valence-corrected chi connectivity index (χ0v) is 17.0. The number of aryl methyl sites for hydroxylation is 1. The summed E-state index contributed by atoms with van der Waals surface area (Å²) in [4.78, 5) is 19.7. The second kappa shape index (κ2) is 7.43. The van der Waals surface area contributed by atoms with Crippen LogP contribution in [0.1, 0.15) is 24.1 Å². The van der Waals surface area contributed by atoms with Crippen molar-refractivity contribution in [2.24, 2.45) is 0 Å². The minimum Gasteiger partial charge on any atom is -0.378 e. The average Bonchev–Trinajstić information content (AvgIpc) is 3.16. The number of hydrogen-bond donors (Lipinski definition) is 2. The number of hydrogen-bond acceptors (Lipinski definition) is 5. The molecule has 148 valence electrons. The van der Waals surface area contributed by atoms with Gasteiger partial charge in [0, 0.05) is 31.2 Å². The van der Waals surface area contributed by atoms with Gasteiger partial charge in [0.1, 0.15) is 12.4 Å². The molecule has 1 atom stereocenters. The van der Waals surface area contributed by atoms with Crippen LogP contribution >= 0.6 is 0 Å². The Bertz CT molecular complexity index is 1080. The van der Waals surface area contributed by atoms with Crippen molar-refractivity contribution in [3.8, 4) is 0 Å². The first kappa shape index (κ1) is 18.7. The van der Waals surface area contributed by atoms with Crippen molar-refractivity contribution in [1.29, 1.82) is 0 Å². The normalized spacial score (nSPS) is 15.5. The molecule has 1 amide bonds. The molecule has 0 radical (unpaired) electrons. The predicted octanol–water partition coefficient (Wildman–Crippen LogP) is 3.58. The van der Waals surface area contributed by atoms with Crippen LogP contribution in [-0.2, 0) is 4.79 Å². The first-order valence-electron chi connectivity index (χ1n) is 9.47. The van der Waals surface area contributed by atoms with Gasteiger partial charge in [0.05, 0.1) is 5.57 Å². The van der Waals surface area contributed by atoms with Crippen molar-refractivity contribution >= 4 is 23.2 Å². The molecule has 0 unspecified atom stereocenters. The van der Waals surface area contributed by atoms with E-state index in [-0.39, 0.29) is 11.9 Å². The summed E-state index contributed by atoms with van der Waals surface area (Å²) in [5, 5.41) is 10.6. The van der Waals surface area contributed by atoms with E-state index in [1.807, 2.05) is 81.4 Å². The van der Waals surface area contributed by atoms with Crippen LogP contribution in [0.15, 0.2) is 66.1 Å². The minimum absolute atomic E-state index is 0.160. The quantitative estimate of drug-likeness (QED) is 0.715. The molecule has 0 spiro atoms. The molecule has 1 aliphatic rings. The molecule has 3 aromatic rings. The van der Waals surface area contributed by atoms with E-state index in [1.54, 1.807) is 4.68 Å². The van der Waals surface area contributed by atoms with E-state index >= 15 is 0 Å². The number of allylic oxidation sites excluding steroid dienone is 1. The van der Waals surface area contributed by atoms with Gasteiger partial charge in [-0.05, 0) is 43.2 Å². The van der Waals surface area contributed by atoms with Crippen LogP contribution in [0, 0.1) is 6.92 Å². The molecule has 0 fully saturated rings. The molecule has 2 N–H and O–H groups in total. The van der Waals surface area contributed by atoms with Crippen LogP contribution in [0.4, 0.5) is 17.3 Å². The average molecular weight is 388 g/mol. The summed E-state index contributed by atoms with van der Waals surface area (Å²) in [5.41, 5.74) is 5.24. The number of amides is 1. The van der Waals surface area contributed by atoms with Gasteiger partial charge in [-0.1, -0.05) is 30.3 Å². The summed E-state index contributed by atoms with van der Waals surface area (Å²) in [7, 11) is 4.00. The lowest BCUT2D eigenvalue weighted by molar-refractivity contribution is -0.113. The van der Waals surface area contributed by atoms with Gasteiger partial charge in [0.25, 0.3) is 5.91 Å². The molecule has 0 saturated heterocycles. The standard InChI is InChI=1S/C22H24N6O/c1-14-7-5-6-8-18(14)26-21(29)19-15(2)25-22-23-13-24-28(22)20(19)16-9-11-17(12-10-16)27(3)4/h5-13,20H,1-4H3,(H,26,29)(H,23,24,25)/t20-/m0/s1. The van der Waals surface area contributed by atoms with E-state index in [4.69, 9.17) is 0 Å². The Labute approximate surface area is 170 Å². The molecule has 29 heavy (non-hydrogen) atoms. The predicted molar refractivity (Wildman–Crippen MR) is 115 cm³/mol. The molecule has 0 aliphatic carbocycles. The highest BCUT2D eigenvalue weighted by Gasteiger charge is 2.33. The van der Waals surface area contributed by atoms with Crippen LogP contribution in [0.25, 0.3) is 0 Å². The summed E-state index contributed by atoms with van der Waals surface area (Å²) in [5.74, 6) is 0.462. The van der Waals surface area contributed by atoms with E-state index < -0.39 is 0 Å². The van der Waals surface area contributed by atoms with Gasteiger partial charge in [-0.15, -0.1) is 0 Å². The lowest BCUT2D eigenvalue weighted by Crippen LogP contribution is -2.31. The van der Waals surface area contributed by atoms with E-state index in [2.05, 4.69) is 20.7 Å². The van der Waals surface area contributed by atoms with Crippen LogP contribution < -0.4 is 15.5 Å². The number of nitrogens with one attached hydrogen (secondary N) is 2. The maximum absolute atomic E-state index is 13.3. The summed E-state index contributed by atoms with van der Waals surface area (Å²) >= 11 is 0. The minimum atomic E-state index is -0.367. The van der Waals surface area contributed by atoms with Crippen molar-refractivity contribution in [2.45, 2.75) is 19.9 Å². The van der Waals surface area contributed by atoms with Crippen LogP contribution in [-0.4, -0.2) is 34.8 Å². The SMILES string of the molecule is CC1=C(C(=O)Nc2ccccc2C)[C@H](c2ccc(N(C)C)cc2)n2ncnc2N1. The highest BCUT2D eigenvalue weighted by molar-refractivity contribution is 6.06. The molecule has 4 rings (SSSR count). The fourth-order valence-corrected chi connectivity index (χ4v) is 3.55. The zero-order chi connectivity index (χ0) is 20.5. The van der Waals surface area contributed by atoms with Crippen LogP contribution in [0.3, 0.4) is 0 Å². The topological polar surface area (TPSA) is 75.1 Å². The lowest BCUT2D eigenvalue weighted by atomic mass is 9.94. The fraction of sp³-hybridized carbons (Fsp3) is 0.227. The largest absolute Gasteiger partial charge is 0.378 e. The van der Waals surface area contributed by atoms with Crippen molar-refractivity contribution < 1.29 is 4.79 Å². The third-order valence-electron chi connectivity index (χ3n) is 5.16. The number of aromatic nitrogens is 3. The Hall–Kier alpha value is -3.61. The summed E-state index contributed by atoms with van der Waals surface area (Å²) in [6.07, 6.45) is 1.50. The number of carbonyl (C=O) groups is 1. The zero-order valence-electron chi connectivity index (χ0n) is 17.0. The van der Waals surface area contributed by atoms with Gasteiger partial charge in [0.2, 0.25) is 5.95 Å². The third kappa shape index (κ3) is 3.47. The Morgan fingerprint density at radius 3 is 2.52 bits per heavy atom. The number of para-hydroxylation sites is 1. The molecule has 2 heterocycles. The second-order valence-corrected chi connectivity index (χ2v) is 7.35. The smallest absolute Gasteiger partial charge is 0.255 e. The van der Waals surface area contributed by atoms with Gasteiger partial charge in [0.15, 0.2) is 0 Å². The third-order valence-corrected chi connectivity index (χ3v) is 5.16. The maximum atomic E-state index is 13.3. The number of rotatable bonds is 4. The molecular weight excluding hydrogens is 364 g/mol. The fourth-order valence-electron chi connectivity index (χ4n) is 3.55. The molecule has 7 nitrogen and oxygen atoms in total. The van der Waals surface area contributed by atoms with E-state index in [0.29, 0.717) is 11.5 Å². The summed E-state index contributed by atoms with van der Waals surface area (Å²) in [6.45, 7) is 3.87. The van der Waals surface area contributed by atoms with Crippen molar-refractivity contribution in [1.82, 2.24) is 14.8 Å². The number of benzene rings is 2. The van der Waals surface area contributed by atoms with E-state index in [0.717, 1.165) is 28.2 Å². The van der Waals surface area contributed by atoms with Gasteiger partial charge >= 0.3 is 0 Å². The van der Waals surface area contributed by atoms with Crippen molar-refractivity contribution in [3.05, 3.63) is 77.3 Å². The van der Waals surface area contributed by atoms with E-state index in [1.165, 1.54) is 6.33 Å². The van der Waals surface area contributed by atoms with Crippen LogP contribution in [0.5, 0.6) is 0 Å². The summed E-state index contributed by atoms with van der Waals surface area (Å²) < 4.78 is 1.75. The Morgan fingerprint density at radius 1 is 1.10 bits per heavy atom. The van der Waals surface area contributed by atoms with Gasteiger partial charge in [-0.2, -0.15) is 10.1 Å². The molecule has 1 aromatic heterocycles. The highest BCUT2D eigenvalue weighted by Crippen LogP contribution is 2.35. The van der Waals surface area contributed by atoms with Crippen molar-refractivity contribution in [3.63, 3.8) is 0 Å². The Balaban J connectivity index is 1.75. The van der Waals surface area contributed by atoms with Gasteiger partial charge in [-0.3, -0.25) is 4.79 Å². The number of anilines is 3. The highest BCUT2D eigenvalue weighted by atomic mass is 16.1. The number of carbonyl (C=O) groups excluding carboxylic acids is 1. The van der Waals surface area contributed by atoms with E-state index in [9.17, 15) is 4.79 Å². The molecule has 0 saturated carbocycles. The monoisotopic (exact) mass is 388 g/mol. The van der Waals surface area contributed by atoms with Gasteiger partial charge < -0.3 is 15.5 Å². The maximum Gasteiger partial charge on any atom is 0.255 e. The summed E-state index contributed by atoms with van der Waals surface area (Å²) in [6, 6.07) is 15.5. The molecular formula is C22H24N6O. The molecule has 1 aliphatic heterocycles. The number of fused-ring (bicyclic) bond motifs is 1.